The third kappa shape index (κ3) is 2.65. The Morgan fingerprint density at radius 3 is 2.76 bits per heavy atom. The molecule has 0 radical (unpaired) electrons. The number of aromatic nitrogens is 2. The normalized spacial score (nSPS) is 11.7. The number of fused-ring (bicyclic) bond motifs is 1. The molecule has 0 bridgehead atoms. The minimum absolute atomic E-state index is 0.0715. The van der Waals surface area contributed by atoms with Crippen LogP contribution in [0.1, 0.15) is 0 Å². The predicted octanol–water partition coefficient (Wildman–Crippen LogP) is 2.73. The number of benzene rings is 2. The lowest BCUT2D eigenvalue weighted by Crippen LogP contribution is -2.13. The molecule has 1 aromatic heterocycles. The van der Waals surface area contributed by atoms with Gasteiger partial charge in [-0.3, -0.25) is 4.72 Å². The van der Waals surface area contributed by atoms with Crippen LogP contribution in [0.5, 0.6) is 0 Å². The summed E-state index contributed by atoms with van der Waals surface area (Å²) in [6.45, 7) is 0. The lowest BCUT2D eigenvalue weighted by Gasteiger charge is -2.09. The van der Waals surface area contributed by atoms with Crippen molar-refractivity contribution >= 4 is 55.8 Å². The molecule has 0 aliphatic heterocycles. The number of nitrogens with two attached hydrogens (primary N) is 1. The van der Waals surface area contributed by atoms with Crippen LogP contribution in [0.25, 0.3) is 11.0 Å². The molecular weight excluding hydrogens is 332 g/mol. The molecule has 0 spiro atoms. The molecule has 6 nitrogen and oxygen atoms in total. The van der Waals surface area contributed by atoms with Crippen LogP contribution in [0.3, 0.4) is 0 Å². The second kappa shape index (κ2) is 5.14. The molecule has 21 heavy (non-hydrogen) atoms. The van der Waals surface area contributed by atoms with Crippen LogP contribution in [0.4, 0.5) is 11.4 Å². The first-order valence-electron chi connectivity index (χ1n) is 5.76. The van der Waals surface area contributed by atoms with E-state index in [1.54, 1.807) is 12.1 Å². The van der Waals surface area contributed by atoms with E-state index in [9.17, 15) is 8.42 Å². The molecule has 0 saturated heterocycles. The minimum atomic E-state index is -3.78. The highest BCUT2D eigenvalue weighted by Gasteiger charge is 2.19. The van der Waals surface area contributed by atoms with Crippen molar-refractivity contribution in [2.24, 2.45) is 0 Å². The van der Waals surface area contributed by atoms with E-state index >= 15 is 0 Å². The average Bonchev–Trinajstić information content (AvgIpc) is 2.90. The van der Waals surface area contributed by atoms with Crippen LogP contribution in [-0.4, -0.2) is 17.2 Å². The number of hydrogen-bond donors (Lipinski definition) is 2. The molecule has 0 atom stereocenters. The maximum Gasteiger partial charge on any atom is 0.264 e. The molecular formula is C12H9ClN4O2S2. The van der Waals surface area contributed by atoms with Crippen molar-refractivity contribution in [1.29, 1.82) is 0 Å². The number of halogens is 1. The largest absolute Gasteiger partial charge is 0.397 e. The second-order valence-corrected chi connectivity index (χ2v) is 6.82. The Labute approximate surface area is 129 Å². The predicted molar refractivity (Wildman–Crippen MR) is 84.1 cm³/mol. The van der Waals surface area contributed by atoms with E-state index in [1.165, 1.54) is 24.3 Å². The molecule has 0 aliphatic carbocycles. The van der Waals surface area contributed by atoms with Gasteiger partial charge in [0.05, 0.1) is 28.1 Å². The molecule has 0 amide bonds. The van der Waals surface area contributed by atoms with Crippen LogP contribution in [0, 0.1) is 0 Å². The van der Waals surface area contributed by atoms with E-state index in [0.29, 0.717) is 27.4 Å². The van der Waals surface area contributed by atoms with Crippen molar-refractivity contribution in [2.75, 3.05) is 10.5 Å². The maximum atomic E-state index is 12.5. The first-order valence-corrected chi connectivity index (χ1v) is 8.36. The Hall–Kier alpha value is -1.90. The standard InChI is InChI=1S/C12H9ClN4O2S2/c13-8-5-4-7(6-9(8)14)17-21(18,19)11-3-1-2-10-12(11)16-20-15-10/h1-6,17H,14H2. The van der Waals surface area contributed by atoms with Crippen molar-refractivity contribution < 1.29 is 8.42 Å². The van der Waals surface area contributed by atoms with Crippen LogP contribution in [0.15, 0.2) is 41.3 Å². The molecule has 0 unspecified atom stereocenters. The summed E-state index contributed by atoms with van der Waals surface area (Å²) in [4.78, 5) is 0.0715. The zero-order valence-corrected chi connectivity index (χ0v) is 12.8. The van der Waals surface area contributed by atoms with Crippen molar-refractivity contribution in [1.82, 2.24) is 8.75 Å². The fraction of sp³-hybridized carbons (Fsp3) is 0. The molecule has 2 aromatic carbocycles. The number of rotatable bonds is 3. The van der Waals surface area contributed by atoms with Crippen LogP contribution in [0.2, 0.25) is 5.02 Å². The van der Waals surface area contributed by atoms with E-state index in [-0.39, 0.29) is 4.90 Å². The fourth-order valence-corrected chi connectivity index (χ4v) is 3.75. The van der Waals surface area contributed by atoms with Gasteiger partial charge in [0.2, 0.25) is 0 Å². The van der Waals surface area contributed by atoms with E-state index in [0.717, 1.165) is 11.7 Å². The zero-order valence-electron chi connectivity index (χ0n) is 10.4. The number of hydrogen-bond acceptors (Lipinski definition) is 6. The Kier molecular flexibility index (Phi) is 3.44. The van der Waals surface area contributed by atoms with E-state index in [1.807, 2.05) is 0 Å². The molecule has 3 aromatic rings. The summed E-state index contributed by atoms with van der Waals surface area (Å²) in [7, 11) is -3.78. The molecule has 0 saturated carbocycles. The molecule has 9 heteroatoms. The summed E-state index contributed by atoms with van der Waals surface area (Å²) in [5, 5.41) is 0.365. The van der Waals surface area contributed by atoms with Gasteiger partial charge in [0.1, 0.15) is 15.9 Å². The van der Waals surface area contributed by atoms with Gasteiger partial charge in [-0.25, -0.2) is 8.42 Å². The highest BCUT2D eigenvalue weighted by atomic mass is 35.5. The first-order chi connectivity index (χ1) is 9.97. The van der Waals surface area contributed by atoms with Gasteiger partial charge in [0, 0.05) is 0 Å². The van der Waals surface area contributed by atoms with E-state index < -0.39 is 10.0 Å². The third-order valence-corrected chi connectivity index (χ3v) is 5.09. The number of sulfonamides is 1. The molecule has 108 valence electrons. The summed E-state index contributed by atoms with van der Waals surface area (Å²) in [6, 6.07) is 9.33. The Bertz CT molecular complexity index is 924. The topological polar surface area (TPSA) is 98.0 Å². The summed E-state index contributed by atoms with van der Waals surface area (Å²) < 4.78 is 35.4. The zero-order chi connectivity index (χ0) is 15.0. The number of anilines is 2. The third-order valence-electron chi connectivity index (χ3n) is 2.79. The first kappa shape index (κ1) is 14.1. The van der Waals surface area contributed by atoms with Gasteiger partial charge < -0.3 is 5.73 Å². The van der Waals surface area contributed by atoms with Gasteiger partial charge in [0.25, 0.3) is 10.0 Å². The van der Waals surface area contributed by atoms with Crippen LogP contribution in [-0.2, 0) is 10.0 Å². The Morgan fingerprint density at radius 1 is 1.19 bits per heavy atom. The summed E-state index contributed by atoms with van der Waals surface area (Å²) >= 11 is 6.78. The van der Waals surface area contributed by atoms with Crippen LogP contribution >= 0.6 is 23.3 Å². The smallest absolute Gasteiger partial charge is 0.264 e. The quantitative estimate of drug-likeness (QED) is 0.714. The average molecular weight is 341 g/mol. The van der Waals surface area contributed by atoms with Gasteiger partial charge in [0.15, 0.2) is 0 Å². The molecule has 0 fully saturated rings. The lowest BCUT2D eigenvalue weighted by molar-refractivity contribution is 0.602. The number of nitrogens with zero attached hydrogens (tertiary/aromatic N) is 2. The number of nitrogen functional groups attached to an aromatic ring is 1. The van der Waals surface area contributed by atoms with Crippen molar-refractivity contribution in [2.45, 2.75) is 4.90 Å². The van der Waals surface area contributed by atoms with E-state index in [2.05, 4.69) is 13.5 Å². The highest BCUT2D eigenvalue weighted by Crippen LogP contribution is 2.26. The fourth-order valence-electron chi connectivity index (χ4n) is 1.82. The van der Waals surface area contributed by atoms with Gasteiger partial charge in [-0.05, 0) is 30.3 Å². The molecule has 0 aliphatic rings. The van der Waals surface area contributed by atoms with E-state index in [4.69, 9.17) is 17.3 Å². The summed E-state index contributed by atoms with van der Waals surface area (Å²) in [5.41, 5.74) is 7.18. The minimum Gasteiger partial charge on any atom is -0.397 e. The Balaban J connectivity index is 2.04. The lowest BCUT2D eigenvalue weighted by atomic mass is 10.3. The maximum absolute atomic E-state index is 12.5. The van der Waals surface area contributed by atoms with Gasteiger partial charge in [-0.2, -0.15) is 8.75 Å². The monoisotopic (exact) mass is 340 g/mol. The Morgan fingerprint density at radius 2 is 2.00 bits per heavy atom. The molecule has 3 rings (SSSR count). The van der Waals surface area contributed by atoms with Crippen molar-refractivity contribution in [3.05, 3.63) is 41.4 Å². The van der Waals surface area contributed by atoms with Gasteiger partial charge >= 0.3 is 0 Å². The van der Waals surface area contributed by atoms with Crippen LogP contribution < -0.4 is 10.5 Å². The highest BCUT2D eigenvalue weighted by molar-refractivity contribution is 7.93. The summed E-state index contributed by atoms with van der Waals surface area (Å²) in [6.07, 6.45) is 0. The molecule has 3 N–H and O–H groups in total. The SMILES string of the molecule is Nc1cc(NS(=O)(=O)c2cccc3nsnc23)ccc1Cl. The van der Waals surface area contributed by atoms with Crippen molar-refractivity contribution in [3.8, 4) is 0 Å². The van der Waals surface area contributed by atoms with Crippen molar-refractivity contribution in [3.63, 3.8) is 0 Å². The number of nitrogens with one attached hydrogen (secondary N) is 1. The summed E-state index contributed by atoms with van der Waals surface area (Å²) in [5.74, 6) is 0. The van der Waals surface area contributed by atoms with Gasteiger partial charge in [-0.1, -0.05) is 17.7 Å². The van der Waals surface area contributed by atoms with Gasteiger partial charge in [-0.15, -0.1) is 0 Å². The second-order valence-electron chi connectivity index (χ2n) is 4.23. The molecule has 1 heterocycles.